The van der Waals surface area contributed by atoms with Gasteiger partial charge in [0.1, 0.15) is 11.5 Å². The fourth-order valence-electron chi connectivity index (χ4n) is 2.42. The Balaban J connectivity index is 1.80. The van der Waals surface area contributed by atoms with Crippen LogP contribution in [0.25, 0.3) is 12.5 Å². The van der Waals surface area contributed by atoms with Crippen molar-refractivity contribution >= 4 is 24.4 Å². The van der Waals surface area contributed by atoms with E-state index in [2.05, 4.69) is 22.4 Å². The number of benzene rings is 2. The summed E-state index contributed by atoms with van der Waals surface area (Å²) in [6.07, 6.45) is 0. The van der Waals surface area contributed by atoms with Crippen LogP contribution in [0.5, 0.6) is 11.5 Å². The molecule has 2 aromatic rings. The van der Waals surface area contributed by atoms with Crippen molar-refractivity contribution in [1.82, 2.24) is 10.7 Å². The van der Waals surface area contributed by atoms with E-state index in [1.54, 1.807) is 18.2 Å². The summed E-state index contributed by atoms with van der Waals surface area (Å²) in [6, 6.07) is 10.7. The number of amides is 1. The molecule has 0 aliphatic carbocycles. The van der Waals surface area contributed by atoms with Crippen LogP contribution in [-0.2, 0) is 4.74 Å². The Bertz CT molecular complexity index is 976. The van der Waals surface area contributed by atoms with Crippen molar-refractivity contribution in [3.05, 3.63) is 58.0 Å². The van der Waals surface area contributed by atoms with Gasteiger partial charge in [-0.05, 0) is 30.3 Å². The van der Waals surface area contributed by atoms with Crippen LogP contribution in [0.2, 0.25) is 0 Å². The third-order valence-electron chi connectivity index (χ3n) is 3.80. The summed E-state index contributed by atoms with van der Waals surface area (Å²) < 4.78 is 16.0. The molecular formula is C19H19N3O4. The van der Waals surface area contributed by atoms with E-state index < -0.39 is 5.91 Å². The monoisotopic (exact) mass is 353 g/mol. The normalized spacial score (nSPS) is 14.8. The van der Waals surface area contributed by atoms with Crippen molar-refractivity contribution < 1.29 is 19.0 Å². The third-order valence-corrected chi connectivity index (χ3v) is 3.80. The molecule has 26 heavy (non-hydrogen) atoms. The molecule has 0 unspecified atom stereocenters. The van der Waals surface area contributed by atoms with Crippen molar-refractivity contribution in [3.8, 4) is 11.5 Å². The summed E-state index contributed by atoms with van der Waals surface area (Å²) in [5.41, 5.74) is 4.19. The number of ether oxygens (including phenoxy) is 3. The number of hydrazone groups is 1. The lowest BCUT2D eigenvalue weighted by Gasteiger charge is -2.08. The van der Waals surface area contributed by atoms with Crippen molar-refractivity contribution in [2.75, 3.05) is 14.2 Å². The fourth-order valence-corrected chi connectivity index (χ4v) is 2.42. The summed E-state index contributed by atoms with van der Waals surface area (Å²) >= 11 is 0. The van der Waals surface area contributed by atoms with Crippen LogP contribution in [0, 0.1) is 6.92 Å². The molecule has 0 bridgehead atoms. The molecule has 134 valence electrons. The predicted molar refractivity (Wildman–Crippen MR) is 98.0 cm³/mol. The van der Waals surface area contributed by atoms with Gasteiger partial charge in [0.25, 0.3) is 5.91 Å². The predicted octanol–water partition coefficient (Wildman–Crippen LogP) is 0.809. The van der Waals surface area contributed by atoms with Gasteiger partial charge >= 0.3 is 6.02 Å². The molecule has 0 saturated carbocycles. The largest absolute Gasteiger partial charge is 0.497 e. The molecule has 2 N–H and O–H groups in total. The fraction of sp³-hybridized carbons (Fsp3) is 0.158. The van der Waals surface area contributed by atoms with Gasteiger partial charge in [-0.15, -0.1) is 5.10 Å². The highest BCUT2D eigenvalue weighted by atomic mass is 16.5. The van der Waals surface area contributed by atoms with Crippen LogP contribution < -0.4 is 30.7 Å². The zero-order chi connectivity index (χ0) is 18.7. The van der Waals surface area contributed by atoms with Crippen molar-refractivity contribution in [2.45, 2.75) is 6.92 Å². The van der Waals surface area contributed by atoms with Gasteiger partial charge in [-0.3, -0.25) is 10.1 Å². The Labute approximate surface area is 150 Å². The second-order valence-corrected chi connectivity index (χ2v) is 5.68. The first-order chi connectivity index (χ1) is 12.5. The van der Waals surface area contributed by atoms with Gasteiger partial charge in [0.2, 0.25) is 5.88 Å². The van der Waals surface area contributed by atoms with Gasteiger partial charge in [-0.2, -0.15) is 0 Å². The number of carbonyl (C=O) groups is 1. The standard InChI is InChI=1S/C19H19N3O4/c1-11-5-6-12(2)16(7-11)18-21-22-19(26-18)20-17(23)13-8-14(24-3)10-15(9-13)25-4/h5-10,21H,2H2,1,3-4H3,(H,20,22,23). The maximum atomic E-state index is 12.5. The van der Waals surface area contributed by atoms with E-state index in [9.17, 15) is 4.79 Å². The third kappa shape index (κ3) is 3.61. The Kier molecular flexibility index (Phi) is 4.79. The van der Waals surface area contributed by atoms with Crippen LogP contribution in [0.15, 0.2) is 41.5 Å². The molecule has 0 aromatic heterocycles. The molecular weight excluding hydrogens is 334 g/mol. The molecule has 3 rings (SSSR count). The summed E-state index contributed by atoms with van der Waals surface area (Å²) in [7, 11) is 3.04. The van der Waals surface area contributed by atoms with Gasteiger partial charge in [0.15, 0.2) is 0 Å². The number of aryl methyl sites for hydroxylation is 1. The minimum Gasteiger partial charge on any atom is -0.497 e. The number of hydrogen-bond donors (Lipinski definition) is 2. The van der Waals surface area contributed by atoms with E-state index >= 15 is 0 Å². The molecule has 1 aliphatic rings. The Hall–Kier alpha value is -3.48. The zero-order valence-electron chi connectivity index (χ0n) is 14.8. The van der Waals surface area contributed by atoms with Crippen LogP contribution in [0.3, 0.4) is 0 Å². The van der Waals surface area contributed by atoms with E-state index in [1.165, 1.54) is 14.2 Å². The van der Waals surface area contributed by atoms with Gasteiger partial charge in [0, 0.05) is 16.8 Å². The van der Waals surface area contributed by atoms with Gasteiger partial charge in [-0.25, -0.2) is 5.43 Å². The van der Waals surface area contributed by atoms with Crippen molar-refractivity contribution in [3.63, 3.8) is 0 Å². The molecule has 0 saturated heterocycles. The molecule has 1 aliphatic heterocycles. The molecule has 0 fully saturated rings. The van der Waals surface area contributed by atoms with Gasteiger partial charge in [-0.1, -0.05) is 24.3 Å². The van der Waals surface area contributed by atoms with Crippen molar-refractivity contribution in [1.29, 1.82) is 0 Å². The van der Waals surface area contributed by atoms with Crippen LogP contribution >= 0.6 is 0 Å². The second kappa shape index (κ2) is 7.18. The van der Waals surface area contributed by atoms with Crippen LogP contribution in [-0.4, -0.2) is 26.1 Å². The highest BCUT2D eigenvalue weighted by Gasteiger charge is 2.19. The molecule has 7 nitrogen and oxygen atoms in total. The second-order valence-electron chi connectivity index (χ2n) is 5.68. The van der Waals surface area contributed by atoms with E-state index in [-0.39, 0.29) is 6.02 Å². The molecule has 7 heteroatoms. The first-order valence-corrected chi connectivity index (χ1v) is 7.86. The van der Waals surface area contributed by atoms with Gasteiger partial charge < -0.3 is 14.2 Å². The first-order valence-electron chi connectivity index (χ1n) is 7.86. The highest BCUT2D eigenvalue weighted by molar-refractivity contribution is 6.05. The maximum Gasteiger partial charge on any atom is 0.320 e. The topological polar surface area (TPSA) is 81.2 Å². The van der Waals surface area contributed by atoms with E-state index in [4.69, 9.17) is 14.2 Å². The number of methoxy groups -OCH3 is 2. The minimum absolute atomic E-state index is 0.0488. The molecule has 1 heterocycles. The van der Waals surface area contributed by atoms with Gasteiger partial charge in [0.05, 0.1) is 14.2 Å². The SMILES string of the molecule is C=c1ccc(C)cc1=C1NN=C(NC(=O)c2cc(OC)cc(OC)c2)O1. The van der Waals surface area contributed by atoms with Crippen LogP contribution in [0.4, 0.5) is 0 Å². The average molecular weight is 353 g/mol. The summed E-state index contributed by atoms with van der Waals surface area (Å²) in [6.45, 7) is 5.94. The molecule has 1 amide bonds. The number of hydrogen-bond acceptors (Lipinski definition) is 6. The molecule has 0 spiro atoms. The number of amidine groups is 1. The Morgan fingerprint density at radius 3 is 2.50 bits per heavy atom. The van der Waals surface area contributed by atoms with E-state index in [0.717, 1.165) is 16.0 Å². The molecule has 2 aromatic carbocycles. The summed E-state index contributed by atoms with van der Waals surface area (Å²) in [5.74, 6) is 1.03. The molecule has 0 atom stereocenters. The summed E-state index contributed by atoms with van der Waals surface area (Å²) in [5, 5.41) is 8.17. The lowest BCUT2D eigenvalue weighted by atomic mass is 10.2. The quantitative estimate of drug-likeness (QED) is 0.854. The average Bonchev–Trinajstić information content (AvgIpc) is 3.11. The smallest absolute Gasteiger partial charge is 0.320 e. The Morgan fingerprint density at radius 2 is 1.85 bits per heavy atom. The van der Waals surface area contributed by atoms with Crippen LogP contribution in [0.1, 0.15) is 15.9 Å². The first kappa shape index (κ1) is 17.3. The number of rotatable bonds is 3. The zero-order valence-corrected chi connectivity index (χ0v) is 14.8. The van der Waals surface area contributed by atoms with E-state index in [0.29, 0.717) is 22.9 Å². The maximum absolute atomic E-state index is 12.5. The van der Waals surface area contributed by atoms with Crippen molar-refractivity contribution in [2.24, 2.45) is 5.10 Å². The minimum atomic E-state index is -0.400. The number of carbonyl (C=O) groups excluding carboxylic acids is 1. The lowest BCUT2D eigenvalue weighted by Crippen LogP contribution is -2.32. The Morgan fingerprint density at radius 1 is 1.15 bits per heavy atom. The van der Waals surface area contributed by atoms with E-state index in [1.807, 2.05) is 25.1 Å². The lowest BCUT2D eigenvalue weighted by molar-refractivity contribution is 0.0971. The summed E-state index contributed by atoms with van der Waals surface area (Å²) in [4.78, 5) is 12.5. The highest BCUT2D eigenvalue weighted by Crippen LogP contribution is 2.22. The molecule has 0 radical (unpaired) electrons. The number of nitrogens with one attached hydrogen (secondary N) is 2. The number of nitrogens with zero attached hydrogens (tertiary/aromatic N) is 1.